The molecule has 0 saturated carbocycles. The lowest BCUT2D eigenvalue weighted by Crippen LogP contribution is -2.18. The van der Waals surface area contributed by atoms with Crippen LogP contribution in [0.2, 0.25) is 0 Å². The molecule has 8 nitrogen and oxygen atoms in total. The molecule has 0 aliphatic rings. The summed E-state index contributed by atoms with van der Waals surface area (Å²) in [5, 5.41) is 13.5. The van der Waals surface area contributed by atoms with Gasteiger partial charge in [-0.3, -0.25) is 10.1 Å². The van der Waals surface area contributed by atoms with Crippen LogP contribution in [-0.2, 0) is 4.74 Å². The van der Waals surface area contributed by atoms with Gasteiger partial charge in [-0.05, 0) is 0 Å². The van der Waals surface area contributed by atoms with Crippen molar-refractivity contribution in [2.45, 2.75) is 0 Å². The topological polar surface area (TPSA) is 117 Å². The van der Waals surface area contributed by atoms with Crippen molar-refractivity contribution >= 4 is 17.5 Å². The van der Waals surface area contributed by atoms with Gasteiger partial charge in [0.1, 0.15) is 12.4 Å². The number of amides is 1. The second kappa shape index (κ2) is 6.28. The van der Waals surface area contributed by atoms with Gasteiger partial charge in [0.2, 0.25) is 0 Å². The number of primary amides is 1. The minimum Gasteiger partial charge on any atom is -0.496 e. The van der Waals surface area contributed by atoms with Crippen molar-refractivity contribution < 1.29 is 19.2 Å². The highest BCUT2D eigenvalue weighted by molar-refractivity contribution is 5.64. The zero-order chi connectivity index (χ0) is 13.5. The number of benzene rings is 1. The monoisotopic (exact) mass is 255 g/mol. The first-order valence-electron chi connectivity index (χ1n) is 5.02. The van der Waals surface area contributed by atoms with E-state index in [2.05, 4.69) is 10.1 Å². The molecule has 1 amide bonds. The number of carbonyl (C=O) groups excluding carboxylic acids is 1. The van der Waals surface area contributed by atoms with Crippen molar-refractivity contribution in [1.82, 2.24) is 0 Å². The maximum Gasteiger partial charge on any atom is 0.404 e. The highest BCUT2D eigenvalue weighted by atomic mass is 16.6. The summed E-state index contributed by atoms with van der Waals surface area (Å²) in [5.74, 6) is 0.363. The quantitative estimate of drug-likeness (QED) is 0.446. The van der Waals surface area contributed by atoms with Gasteiger partial charge >= 0.3 is 6.09 Å². The Kier molecular flexibility index (Phi) is 4.73. The third-order valence-corrected chi connectivity index (χ3v) is 2.01. The lowest BCUT2D eigenvalue weighted by Gasteiger charge is -2.08. The number of methoxy groups -OCH3 is 1. The number of hydrogen-bond donors (Lipinski definition) is 2. The third kappa shape index (κ3) is 4.16. The minimum atomic E-state index is -0.867. The largest absolute Gasteiger partial charge is 0.496 e. The first-order chi connectivity index (χ1) is 8.52. The van der Waals surface area contributed by atoms with Crippen LogP contribution in [0.1, 0.15) is 0 Å². The molecule has 0 aromatic heterocycles. The average Bonchev–Trinajstić information content (AvgIpc) is 2.34. The molecule has 0 heterocycles. The maximum atomic E-state index is 10.7. The molecule has 0 atom stereocenters. The van der Waals surface area contributed by atoms with Gasteiger partial charge in [-0.1, -0.05) is 0 Å². The number of hydrogen-bond acceptors (Lipinski definition) is 6. The van der Waals surface area contributed by atoms with Gasteiger partial charge < -0.3 is 20.5 Å². The van der Waals surface area contributed by atoms with Crippen molar-refractivity contribution in [3.8, 4) is 5.75 Å². The van der Waals surface area contributed by atoms with Crippen LogP contribution >= 0.6 is 0 Å². The third-order valence-electron chi connectivity index (χ3n) is 2.01. The number of nitro benzene ring substituents is 1. The van der Waals surface area contributed by atoms with E-state index in [4.69, 9.17) is 10.5 Å². The summed E-state index contributed by atoms with van der Waals surface area (Å²) in [5.41, 5.74) is 5.19. The normalized spacial score (nSPS) is 9.61. The smallest absolute Gasteiger partial charge is 0.404 e. The number of non-ortho nitro benzene ring substituents is 1. The second-order valence-electron chi connectivity index (χ2n) is 3.27. The van der Waals surface area contributed by atoms with E-state index in [0.29, 0.717) is 11.4 Å². The summed E-state index contributed by atoms with van der Waals surface area (Å²) < 4.78 is 9.45. The predicted octanol–water partition coefficient (Wildman–Crippen LogP) is 1.11. The number of carbonyl (C=O) groups is 1. The van der Waals surface area contributed by atoms with Gasteiger partial charge in [0, 0.05) is 24.4 Å². The lowest BCUT2D eigenvalue weighted by molar-refractivity contribution is -0.384. The molecule has 0 saturated heterocycles. The molecule has 1 aromatic rings. The molecular weight excluding hydrogens is 242 g/mol. The van der Waals surface area contributed by atoms with Crippen LogP contribution in [0.25, 0.3) is 0 Å². The molecule has 0 aliphatic heterocycles. The molecule has 0 spiro atoms. The fourth-order valence-corrected chi connectivity index (χ4v) is 1.26. The first kappa shape index (κ1) is 13.6. The Morgan fingerprint density at radius 1 is 1.50 bits per heavy atom. The summed E-state index contributed by atoms with van der Waals surface area (Å²) in [4.78, 5) is 20.5. The Labute approximate surface area is 103 Å². The van der Waals surface area contributed by atoms with Gasteiger partial charge in [-0.15, -0.1) is 0 Å². The Hall–Kier alpha value is -2.51. The van der Waals surface area contributed by atoms with Crippen molar-refractivity contribution in [2.75, 3.05) is 25.6 Å². The van der Waals surface area contributed by atoms with E-state index in [-0.39, 0.29) is 18.8 Å². The summed E-state index contributed by atoms with van der Waals surface area (Å²) in [7, 11) is 1.42. The van der Waals surface area contributed by atoms with E-state index in [1.54, 1.807) is 6.07 Å². The van der Waals surface area contributed by atoms with Gasteiger partial charge in [-0.25, -0.2) is 4.79 Å². The van der Waals surface area contributed by atoms with E-state index in [1.807, 2.05) is 0 Å². The number of rotatable bonds is 6. The molecule has 0 fully saturated rings. The van der Waals surface area contributed by atoms with Crippen LogP contribution < -0.4 is 15.8 Å². The lowest BCUT2D eigenvalue weighted by atomic mass is 10.2. The second-order valence-corrected chi connectivity index (χ2v) is 3.27. The van der Waals surface area contributed by atoms with E-state index in [9.17, 15) is 14.9 Å². The maximum absolute atomic E-state index is 10.7. The van der Waals surface area contributed by atoms with Crippen LogP contribution in [0.5, 0.6) is 5.75 Å². The van der Waals surface area contributed by atoms with Crippen LogP contribution in [0, 0.1) is 10.1 Å². The zero-order valence-corrected chi connectivity index (χ0v) is 9.71. The first-order valence-corrected chi connectivity index (χ1v) is 5.02. The SMILES string of the molecule is COc1cc(NCCOC(N)=O)cc([N+](=O)[O-])c1. The Morgan fingerprint density at radius 2 is 2.22 bits per heavy atom. The van der Waals surface area contributed by atoms with Crippen LogP contribution in [0.3, 0.4) is 0 Å². The number of ether oxygens (including phenoxy) is 2. The molecule has 3 N–H and O–H groups in total. The number of nitrogens with one attached hydrogen (secondary N) is 1. The zero-order valence-electron chi connectivity index (χ0n) is 9.71. The molecule has 0 unspecified atom stereocenters. The van der Waals surface area contributed by atoms with E-state index >= 15 is 0 Å². The van der Waals surface area contributed by atoms with Crippen LogP contribution in [0.4, 0.5) is 16.2 Å². The van der Waals surface area contributed by atoms with E-state index in [1.165, 1.54) is 19.2 Å². The summed E-state index contributed by atoms with van der Waals surface area (Å²) in [6.45, 7) is 0.355. The fourth-order valence-electron chi connectivity index (χ4n) is 1.26. The van der Waals surface area contributed by atoms with Gasteiger partial charge in [0.25, 0.3) is 5.69 Å². The Balaban J connectivity index is 2.66. The molecule has 8 heteroatoms. The Bertz CT molecular complexity index is 449. The summed E-state index contributed by atoms with van der Waals surface area (Å²) in [6.07, 6.45) is -0.867. The molecule has 1 rings (SSSR count). The minimum absolute atomic E-state index is 0.0698. The summed E-state index contributed by atoms with van der Waals surface area (Å²) >= 11 is 0. The van der Waals surface area contributed by atoms with Crippen molar-refractivity contribution in [3.05, 3.63) is 28.3 Å². The fraction of sp³-hybridized carbons (Fsp3) is 0.300. The number of nitrogens with two attached hydrogens (primary N) is 1. The number of anilines is 1. The number of nitrogens with zero attached hydrogens (tertiary/aromatic N) is 1. The van der Waals surface area contributed by atoms with E-state index in [0.717, 1.165) is 0 Å². The average molecular weight is 255 g/mol. The molecule has 0 radical (unpaired) electrons. The van der Waals surface area contributed by atoms with Gasteiger partial charge in [0.15, 0.2) is 0 Å². The van der Waals surface area contributed by atoms with Crippen molar-refractivity contribution in [1.29, 1.82) is 0 Å². The van der Waals surface area contributed by atoms with Gasteiger partial charge in [-0.2, -0.15) is 0 Å². The standard InChI is InChI=1S/C10H13N3O5/c1-17-9-5-7(4-8(6-9)13(15)16)12-2-3-18-10(11)14/h4-6,12H,2-3H2,1H3,(H2,11,14). The van der Waals surface area contributed by atoms with Crippen molar-refractivity contribution in [2.24, 2.45) is 5.73 Å². The van der Waals surface area contributed by atoms with Crippen LogP contribution in [-0.4, -0.2) is 31.3 Å². The Morgan fingerprint density at radius 3 is 2.78 bits per heavy atom. The molecular formula is C10H13N3O5. The molecule has 0 bridgehead atoms. The van der Waals surface area contributed by atoms with Crippen molar-refractivity contribution in [3.63, 3.8) is 0 Å². The molecule has 0 aliphatic carbocycles. The number of nitro groups is 1. The molecule has 18 heavy (non-hydrogen) atoms. The van der Waals surface area contributed by atoms with Gasteiger partial charge in [0.05, 0.1) is 18.1 Å². The highest BCUT2D eigenvalue weighted by Crippen LogP contribution is 2.25. The van der Waals surface area contributed by atoms with Crippen LogP contribution in [0.15, 0.2) is 18.2 Å². The molecule has 98 valence electrons. The molecule has 1 aromatic carbocycles. The highest BCUT2D eigenvalue weighted by Gasteiger charge is 2.09. The summed E-state index contributed by atoms with van der Waals surface area (Å²) in [6, 6.07) is 4.26. The predicted molar refractivity (Wildman–Crippen MR) is 63.7 cm³/mol. The van der Waals surface area contributed by atoms with E-state index < -0.39 is 11.0 Å².